The highest BCUT2D eigenvalue weighted by molar-refractivity contribution is 7.99. The fourth-order valence-corrected chi connectivity index (χ4v) is 6.59. The van der Waals surface area contributed by atoms with Crippen molar-refractivity contribution in [2.24, 2.45) is 0 Å². The summed E-state index contributed by atoms with van der Waals surface area (Å²) in [4.78, 5) is 0.970. The first-order valence-corrected chi connectivity index (χ1v) is 15.6. The lowest BCUT2D eigenvalue weighted by Crippen LogP contribution is -2.56. The van der Waals surface area contributed by atoms with E-state index in [0.29, 0.717) is 6.61 Å². The van der Waals surface area contributed by atoms with Crippen molar-refractivity contribution in [3.8, 4) is 11.3 Å². The summed E-state index contributed by atoms with van der Waals surface area (Å²) in [6.07, 6.45) is -0.269. The highest BCUT2D eigenvalue weighted by Gasteiger charge is 2.49. The molecule has 0 amide bonds. The van der Waals surface area contributed by atoms with Gasteiger partial charge >= 0.3 is 0 Å². The van der Waals surface area contributed by atoms with Crippen LogP contribution in [0, 0.1) is 17.5 Å². The van der Waals surface area contributed by atoms with Gasteiger partial charge in [-0.3, -0.25) is 0 Å². The van der Waals surface area contributed by atoms with Crippen LogP contribution in [-0.2, 0) is 32.2 Å². The molecule has 6 rings (SSSR count). The van der Waals surface area contributed by atoms with Crippen LogP contribution in [0.1, 0.15) is 17.2 Å². The van der Waals surface area contributed by atoms with E-state index in [-0.39, 0.29) is 24.5 Å². The van der Waals surface area contributed by atoms with Crippen molar-refractivity contribution in [1.82, 2.24) is 15.0 Å². The predicted octanol–water partition coefficient (Wildman–Crippen LogP) is 7.24. The molecule has 7 nitrogen and oxygen atoms in total. The number of halogens is 3. The largest absolute Gasteiger partial charge is 0.375 e. The average molecular weight is 648 g/mol. The minimum atomic E-state index is -1.55. The Morgan fingerprint density at radius 3 is 2.04 bits per heavy atom. The van der Waals surface area contributed by atoms with Crippen molar-refractivity contribution in [2.75, 3.05) is 13.7 Å². The average Bonchev–Trinajstić information content (AvgIpc) is 3.58. The quantitative estimate of drug-likeness (QED) is 0.132. The highest BCUT2D eigenvalue weighted by Crippen LogP contribution is 2.41. The minimum Gasteiger partial charge on any atom is -0.375 e. The topological polar surface area (TPSA) is 67.6 Å². The summed E-state index contributed by atoms with van der Waals surface area (Å²) < 4.78 is 69.1. The van der Waals surface area contributed by atoms with Gasteiger partial charge in [-0.15, -0.1) is 5.10 Å². The van der Waals surface area contributed by atoms with Gasteiger partial charge in [0.1, 0.15) is 35.5 Å². The lowest BCUT2D eigenvalue weighted by Gasteiger charge is -2.45. The predicted molar refractivity (Wildman–Crippen MR) is 167 cm³/mol. The molecule has 1 aromatic heterocycles. The van der Waals surface area contributed by atoms with Gasteiger partial charge in [-0.1, -0.05) is 95.8 Å². The molecule has 0 bridgehead atoms. The lowest BCUT2D eigenvalue weighted by atomic mass is 9.96. The van der Waals surface area contributed by atoms with Crippen LogP contribution < -0.4 is 0 Å². The Balaban J connectivity index is 1.36. The van der Waals surface area contributed by atoms with Gasteiger partial charge in [-0.25, -0.2) is 17.9 Å². The van der Waals surface area contributed by atoms with E-state index in [1.807, 2.05) is 91.0 Å². The Hall–Kier alpha value is -4.00. The Bertz CT molecular complexity index is 1670. The fourth-order valence-electron chi connectivity index (χ4n) is 5.41. The molecule has 1 saturated heterocycles. The van der Waals surface area contributed by atoms with Gasteiger partial charge in [0.2, 0.25) is 0 Å². The molecule has 1 aliphatic rings. The van der Waals surface area contributed by atoms with Crippen LogP contribution in [0.3, 0.4) is 0 Å². The van der Waals surface area contributed by atoms with Crippen LogP contribution in [0.2, 0.25) is 0 Å². The molecule has 1 fully saturated rings. The third kappa shape index (κ3) is 7.51. The summed E-state index contributed by atoms with van der Waals surface area (Å²) >= 11 is 1.49. The van der Waals surface area contributed by atoms with Crippen LogP contribution in [0.5, 0.6) is 0 Å². The van der Waals surface area contributed by atoms with E-state index in [1.54, 1.807) is 18.0 Å². The van der Waals surface area contributed by atoms with Crippen LogP contribution >= 0.6 is 11.8 Å². The molecule has 0 radical (unpaired) electrons. The van der Waals surface area contributed by atoms with Crippen molar-refractivity contribution in [1.29, 1.82) is 0 Å². The second kappa shape index (κ2) is 15.1. The highest BCUT2D eigenvalue weighted by atomic mass is 32.2. The number of ether oxygens (including phenoxy) is 4. The first kappa shape index (κ1) is 32.0. The number of hydrogen-bond acceptors (Lipinski definition) is 7. The van der Waals surface area contributed by atoms with Crippen molar-refractivity contribution >= 4 is 11.8 Å². The summed E-state index contributed by atoms with van der Waals surface area (Å²) in [7, 11) is 1.59. The molecule has 4 aromatic carbocycles. The van der Waals surface area contributed by atoms with E-state index in [9.17, 15) is 13.2 Å². The van der Waals surface area contributed by atoms with Crippen LogP contribution in [0.15, 0.2) is 114 Å². The van der Waals surface area contributed by atoms with E-state index < -0.39 is 47.2 Å². The number of hydrogen-bond donors (Lipinski definition) is 0. The van der Waals surface area contributed by atoms with Crippen LogP contribution in [0.4, 0.5) is 13.2 Å². The van der Waals surface area contributed by atoms with Gasteiger partial charge in [-0.05, 0) is 35.4 Å². The third-order valence-corrected chi connectivity index (χ3v) is 8.81. The third-order valence-electron chi connectivity index (χ3n) is 7.66. The van der Waals surface area contributed by atoms with Gasteiger partial charge in [0.15, 0.2) is 17.5 Å². The van der Waals surface area contributed by atoms with Crippen molar-refractivity contribution in [3.05, 3.63) is 138 Å². The first-order valence-electron chi connectivity index (χ1n) is 14.7. The molecule has 238 valence electrons. The molecule has 2 heterocycles. The summed E-state index contributed by atoms with van der Waals surface area (Å²) in [6, 6.07) is 30.5. The Morgan fingerprint density at radius 2 is 1.41 bits per heavy atom. The molecule has 0 spiro atoms. The smallest absolute Gasteiger partial charge is 0.194 e. The van der Waals surface area contributed by atoms with E-state index in [2.05, 4.69) is 10.3 Å². The van der Waals surface area contributed by atoms with Crippen molar-refractivity contribution < 1.29 is 32.1 Å². The molecule has 4 unspecified atom stereocenters. The second-order valence-electron chi connectivity index (χ2n) is 10.8. The molecule has 5 atom stereocenters. The van der Waals surface area contributed by atoms with Gasteiger partial charge in [0.05, 0.1) is 26.0 Å². The van der Waals surface area contributed by atoms with Crippen molar-refractivity contribution in [3.63, 3.8) is 0 Å². The maximum atomic E-state index is 14.1. The van der Waals surface area contributed by atoms with Crippen molar-refractivity contribution in [2.45, 2.75) is 47.9 Å². The molecular weight excluding hydrogens is 615 g/mol. The van der Waals surface area contributed by atoms with Gasteiger partial charge in [-0.2, -0.15) is 0 Å². The van der Waals surface area contributed by atoms with E-state index >= 15 is 0 Å². The van der Waals surface area contributed by atoms with Gasteiger partial charge in [0.25, 0.3) is 0 Å². The zero-order valence-corrected chi connectivity index (χ0v) is 25.7. The summed E-state index contributed by atoms with van der Waals surface area (Å²) in [5, 5.41) is 8.57. The summed E-state index contributed by atoms with van der Waals surface area (Å²) in [6.45, 7) is 0.836. The number of aromatic nitrogens is 3. The van der Waals surface area contributed by atoms with Gasteiger partial charge < -0.3 is 18.9 Å². The monoisotopic (exact) mass is 647 g/mol. The molecule has 11 heteroatoms. The van der Waals surface area contributed by atoms with Crippen LogP contribution in [0.25, 0.3) is 11.3 Å². The Morgan fingerprint density at radius 1 is 0.804 bits per heavy atom. The number of benzene rings is 4. The zero-order valence-electron chi connectivity index (χ0n) is 24.9. The van der Waals surface area contributed by atoms with E-state index in [1.165, 1.54) is 11.8 Å². The molecule has 5 aromatic rings. The number of rotatable bonds is 12. The second-order valence-corrected chi connectivity index (χ2v) is 11.9. The number of methoxy groups -OCH3 is 1. The number of nitrogens with zero attached hydrogens (tertiary/aromatic N) is 3. The lowest BCUT2D eigenvalue weighted by molar-refractivity contribution is -0.210. The van der Waals surface area contributed by atoms with Gasteiger partial charge in [0, 0.05) is 17.6 Å². The number of thioether (sulfide) groups is 1. The standard InChI is InChI=1S/C35H32F3N3O4S/c1-42-34-32(41-19-29(39-40-41)25-17-27(36)31(38)28(37)18-25)33(44-21-24-13-7-3-8-14-24)30(22-43-20-23-11-5-2-6-12-23)45-35(34)46-26-15-9-4-10-16-26/h2-19,30,32-35H,20-22H2,1H3/t30?,32?,33-,34?,35?/m0/s1. The summed E-state index contributed by atoms with van der Waals surface area (Å²) in [5.74, 6) is -4.18. The Labute approximate surface area is 269 Å². The first-order chi connectivity index (χ1) is 22.5. The molecule has 0 saturated carbocycles. The molecule has 46 heavy (non-hydrogen) atoms. The summed E-state index contributed by atoms with van der Waals surface area (Å²) in [5.41, 5.74) is 1.65. The normalized spacial score (nSPS) is 21.3. The molecule has 0 N–H and O–H groups in total. The fraction of sp³-hybridized carbons (Fsp3) is 0.257. The Kier molecular flexibility index (Phi) is 10.5. The molecule has 1 aliphatic heterocycles. The minimum absolute atomic E-state index is 0.0448. The molecular formula is C35H32F3N3O4S. The van der Waals surface area contributed by atoms with E-state index in [4.69, 9.17) is 18.9 Å². The SMILES string of the molecule is COC1C(Sc2ccccc2)OC(COCc2ccccc2)[C@H](OCc2ccccc2)C1n1cc(-c2cc(F)c(F)c(F)c2)nn1. The maximum Gasteiger partial charge on any atom is 0.194 e. The van der Waals surface area contributed by atoms with Crippen LogP contribution in [-0.4, -0.2) is 52.5 Å². The van der Waals surface area contributed by atoms with E-state index in [0.717, 1.165) is 28.2 Å². The molecule has 0 aliphatic carbocycles. The zero-order chi connectivity index (χ0) is 31.9. The maximum absolute atomic E-state index is 14.1.